The van der Waals surface area contributed by atoms with E-state index in [1.165, 1.54) is 13.0 Å². The summed E-state index contributed by atoms with van der Waals surface area (Å²) in [5.74, 6) is -0.321. The highest BCUT2D eigenvalue weighted by molar-refractivity contribution is 6.08. The van der Waals surface area contributed by atoms with Crippen molar-refractivity contribution in [3.8, 4) is 11.3 Å². The average Bonchev–Trinajstić information content (AvgIpc) is 3.08. The average molecular weight is 331 g/mol. The number of hydrogen-bond acceptors (Lipinski definition) is 3. The third kappa shape index (κ3) is 4.09. The van der Waals surface area contributed by atoms with Gasteiger partial charge in [0.1, 0.15) is 0 Å². The molecule has 2 N–H and O–H groups in total. The number of nitrogens with zero attached hydrogens (tertiary/aromatic N) is 1. The van der Waals surface area contributed by atoms with Crippen molar-refractivity contribution in [3.63, 3.8) is 0 Å². The summed E-state index contributed by atoms with van der Waals surface area (Å²) in [6, 6.07) is 16.6. The molecule has 0 spiro atoms. The molecule has 0 radical (unpaired) electrons. The molecule has 1 aromatic heterocycles. The molecular formula is C20H17N3O2. The Morgan fingerprint density at radius 2 is 1.88 bits per heavy atom. The van der Waals surface area contributed by atoms with E-state index in [4.69, 9.17) is 0 Å². The van der Waals surface area contributed by atoms with E-state index in [9.17, 15) is 9.59 Å². The predicted octanol–water partition coefficient (Wildman–Crippen LogP) is 3.93. The van der Waals surface area contributed by atoms with Gasteiger partial charge in [-0.2, -0.15) is 5.10 Å². The summed E-state index contributed by atoms with van der Waals surface area (Å²) < 4.78 is 0. The highest BCUT2D eigenvalue weighted by Gasteiger charge is 2.07. The summed E-state index contributed by atoms with van der Waals surface area (Å²) in [5.41, 5.74) is 3.79. The lowest BCUT2D eigenvalue weighted by molar-refractivity contribution is -0.114. The summed E-state index contributed by atoms with van der Waals surface area (Å²) in [7, 11) is 0. The van der Waals surface area contributed by atoms with Gasteiger partial charge in [-0.05, 0) is 24.3 Å². The first kappa shape index (κ1) is 16.4. The number of anilines is 1. The van der Waals surface area contributed by atoms with Crippen LogP contribution in [0.4, 0.5) is 5.69 Å². The predicted molar refractivity (Wildman–Crippen MR) is 98.1 cm³/mol. The second-order valence-corrected chi connectivity index (χ2v) is 5.53. The molecular weight excluding hydrogens is 314 g/mol. The van der Waals surface area contributed by atoms with Crippen LogP contribution in [0.2, 0.25) is 0 Å². The lowest BCUT2D eigenvalue weighted by atomic mass is 10.1. The topological polar surface area (TPSA) is 74.8 Å². The number of aromatic nitrogens is 2. The smallest absolute Gasteiger partial charge is 0.221 e. The number of hydrogen-bond donors (Lipinski definition) is 2. The first-order valence-corrected chi connectivity index (χ1v) is 7.82. The number of benzene rings is 2. The molecule has 0 saturated heterocycles. The molecule has 25 heavy (non-hydrogen) atoms. The van der Waals surface area contributed by atoms with Crippen LogP contribution >= 0.6 is 0 Å². The van der Waals surface area contributed by atoms with E-state index >= 15 is 0 Å². The molecule has 3 aromatic rings. The molecule has 0 bridgehead atoms. The number of H-pyrrole nitrogens is 1. The molecule has 1 heterocycles. The zero-order valence-corrected chi connectivity index (χ0v) is 13.7. The van der Waals surface area contributed by atoms with Gasteiger partial charge in [0.15, 0.2) is 5.78 Å². The van der Waals surface area contributed by atoms with E-state index in [1.807, 2.05) is 30.3 Å². The second kappa shape index (κ2) is 7.40. The summed E-state index contributed by atoms with van der Waals surface area (Å²) >= 11 is 0. The van der Waals surface area contributed by atoms with Crippen molar-refractivity contribution in [2.45, 2.75) is 6.92 Å². The number of amides is 1. The molecule has 5 nitrogen and oxygen atoms in total. The highest BCUT2D eigenvalue weighted by Crippen LogP contribution is 2.22. The second-order valence-electron chi connectivity index (χ2n) is 5.53. The molecule has 0 fully saturated rings. The van der Waals surface area contributed by atoms with Gasteiger partial charge in [0.05, 0.1) is 11.9 Å². The van der Waals surface area contributed by atoms with Crippen molar-refractivity contribution in [2.75, 3.05) is 5.32 Å². The minimum absolute atomic E-state index is 0.146. The Hall–Kier alpha value is -3.47. The fourth-order valence-corrected chi connectivity index (χ4v) is 2.47. The van der Waals surface area contributed by atoms with E-state index in [0.717, 1.165) is 16.8 Å². The molecule has 0 aliphatic carbocycles. The van der Waals surface area contributed by atoms with E-state index < -0.39 is 0 Å². The Morgan fingerprint density at radius 1 is 1.08 bits per heavy atom. The Bertz CT molecular complexity index is 927. The summed E-state index contributed by atoms with van der Waals surface area (Å²) in [6.07, 6.45) is 4.92. The maximum atomic E-state index is 12.4. The van der Waals surface area contributed by atoms with Gasteiger partial charge >= 0.3 is 0 Å². The van der Waals surface area contributed by atoms with Crippen LogP contribution in [0.1, 0.15) is 22.8 Å². The summed E-state index contributed by atoms with van der Waals surface area (Å²) in [5, 5.41) is 9.69. The maximum Gasteiger partial charge on any atom is 0.221 e. The Labute approximate surface area is 145 Å². The third-order valence-electron chi connectivity index (χ3n) is 3.61. The van der Waals surface area contributed by atoms with Crippen molar-refractivity contribution in [2.24, 2.45) is 0 Å². The lowest BCUT2D eigenvalue weighted by Gasteiger charge is -2.03. The molecule has 124 valence electrons. The van der Waals surface area contributed by atoms with Gasteiger partial charge in [-0.3, -0.25) is 14.7 Å². The lowest BCUT2D eigenvalue weighted by Crippen LogP contribution is -2.06. The minimum Gasteiger partial charge on any atom is -0.326 e. The van der Waals surface area contributed by atoms with Crippen LogP contribution in [0.25, 0.3) is 17.3 Å². The van der Waals surface area contributed by atoms with Crippen molar-refractivity contribution in [3.05, 3.63) is 78.0 Å². The fourth-order valence-electron chi connectivity index (χ4n) is 2.47. The molecule has 0 aliphatic heterocycles. The molecule has 1 amide bonds. The number of ketones is 1. The third-order valence-corrected chi connectivity index (χ3v) is 3.61. The van der Waals surface area contributed by atoms with Crippen LogP contribution in [-0.4, -0.2) is 21.9 Å². The van der Waals surface area contributed by atoms with E-state index in [-0.39, 0.29) is 11.7 Å². The zero-order chi connectivity index (χ0) is 17.6. The zero-order valence-electron chi connectivity index (χ0n) is 13.7. The number of nitrogens with one attached hydrogen (secondary N) is 2. The van der Waals surface area contributed by atoms with Crippen molar-refractivity contribution < 1.29 is 9.59 Å². The highest BCUT2D eigenvalue weighted by atomic mass is 16.1. The first-order valence-electron chi connectivity index (χ1n) is 7.82. The van der Waals surface area contributed by atoms with Crippen molar-refractivity contribution >= 4 is 23.5 Å². The number of rotatable bonds is 5. The largest absolute Gasteiger partial charge is 0.326 e. The Balaban J connectivity index is 1.80. The summed E-state index contributed by atoms with van der Waals surface area (Å²) in [4.78, 5) is 23.5. The van der Waals surface area contributed by atoms with Gasteiger partial charge < -0.3 is 5.32 Å². The van der Waals surface area contributed by atoms with Crippen molar-refractivity contribution in [1.82, 2.24) is 10.2 Å². The number of carbonyl (C=O) groups excluding carboxylic acids is 2. The van der Waals surface area contributed by atoms with Crippen molar-refractivity contribution in [1.29, 1.82) is 0 Å². The summed E-state index contributed by atoms with van der Waals surface area (Å²) in [6.45, 7) is 1.43. The van der Waals surface area contributed by atoms with Gasteiger partial charge in [-0.1, -0.05) is 42.5 Å². The van der Waals surface area contributed by atoms with Gasteiger partial charge in [-0.25, -0.2) is 0 Å². The van der Waals surface area contributed by atoms with E-state index in [0.29, 0.717) is 11.3 Å². The Morgan fingerprint density at radius 3 is 2.64 bits per heavy atom. The quantitative estimate of drug-likeness (QED) is 0.549. The van der Waals surface area contributed by atoms with Gasteiger partial charge in [0, 0.05) is 29.3 Å². The fraction of sp³-hybridized carbons (Fsp3) is 0.0500. The van der Waals surface area contributed by atoms with Crippen LogP contribution in [0.3, 0.4) is 0 Å². The SMILES string of the molecule is CC(=O)Nc1cccc(C(=O)/C=C/c2cn[nH]c2-c2ccccc2)c1. The molecule has 0 aliphatic rings. The van der Waals surface area contributed by atoms with Gasteiger partial charge in [-0.15, -0.1) is 0 Å². The maximum absolute atomic E-state index is 12.4. The van der Waals surface area contributed by atoms with Crippen LogP contribution in [-0.2, 0) is 4.79 Å². The number of carbonyl (C=O) groups is 2. The normalized spacial score (nSPS) is 10.8. The standard InChI is InChI=1S/C20H17N3O2/c1-14(24)22-18-9-5-8-16(12-18)19(25)11-10-17-13-21-23-20(17)15-6-3-2-4-7-15/h2-13H,1H3,(H,21,23)(H,22,24)/b11-10+. The molecule has 0 unspecified atom stereocenters. The van der Waals surface area contributed by atoms with Crippen LogP contribution in [0, 0.1) is 0 Å². The molecule has 0 atom stereocenters. The van der Waals surface area contributed by atoms with Crippen LogP contribution < -0.4 is 5.32 Å². The van der Waals surface area contributed by atoms with Crippen LogP contribution in [0.15, 0.2) is 66.9 Å². The van der Waals surface area contributed by atoms with E-state index in [1.54, 1.807) is 36.5 Å². The van der Waals surface area contributed by atoms with E-state index in [2.05, 4.69) is 15.5 Å². The first-order chi connectivity index (χ1) is 12.1. The Kier molecular flexibility index (Phi) is 4.85. The number of allylic oxidation sites excluding steroid dienone is 1. The molecule has 3 rings (SSSR count). The minimum atomic E-state index is -0.175. The molecule has 2 aromatic carbocycles. The number of aromatic amines is 1. The monoisotopic (exact) mass is 331 g/mol. The molecule has 0 saturated carbocycles. The van der Waals surface area contributed by atoms with Crippen LogP contribution in [0.5, 0.6) is 0 Å². The molecule has 5 heteroatoms. The van der Waals surface area contributed by atoms with Gasteiger partial charge in [0.2, 0.25) is 5.91 Å². The van der Waals surface area contributed by atoms with Gasteiger partial charge in [0.25, 0.3) is 0 Å².